The Balaban J connectivity index is 1.70. The van der Waals surface area contributed by atoms with E-state index in [1.807, 2.05) is 48.7 Å². The number of thioether (sulfide) groups is 1. The number of nitrogens with zero attached hydrogens (tertiary/aromatic N) is 1. The van der Waals surface area contributed by atoms with Crippen molar-refractivity contribution in [2.75, 3.05) is 30.0 Å². The van der Waals surface area contributed by atoms with Crippen LogP contribution < -0.4 is 15.5 Å². The molecule has 184 valence electrons. The van der Waals surface area contributed by atoms with Gasteiger partial charge in [0.05, 0.1) is 5.69 Å². The molecular formula is C27H31N3O3S2. The average molecular weight is 510 g/mol. The van der Waals surface area contributed by atoms with Crippen LogP contribution in [-0.2, 0) is 4.79 Å². The Morgan fingerprint density at radius 2 is 2.03 bits per heavy atom. The van der Waals surface area contributed by atoms with Crippen LogP contribution in [0.4, 0.5) is 11.4 Å². The first-order valence-electron chi connectivity index (χ1n) is 11.8. The molecule has 1 aromatic heterocycles. The van der Waals surface area contributed by atoms with Gasteiger partial charge in [-0.2, -0.15) is 23.1 Å². The van der Waals surface area contributed by atoms with E-state index in [9.17, 15) is 14.7 Å². The van der Waals surface area contributed by atoms with Gasteiger partial charge in [0.15, 0.2) is 0 Å². The van der Waals surface area contributed by atoms with E-state index in [1.54, 1.807) is 23.1 Å². The molecule has 1 saturated heterocycles. The van der Waals surface area contributed by atoms with Crippen LogP contribution in [0.25, 0.3) is 11.1 Å². The molecule has 1 aliphatic heterocycles. The SMILES string of the molecule is CSCC[C@H](NC(=O)c1ccc(N(CC2CCCN2)c2ccsc2)cc1-c1ccccc1)C(=O)O. The Bertz CT molecular complexity index is 1120. The molecule has 3 aromatic rings. The zero-order valence-electron chi connectivity index (χ0n) is 19.8. The van der Waals surface area contributed by atoms with Crippen molar-refractivity contribution < 1.29 is 14.7 Å². The maximum atomic E-state index is 13.3. The molecule has 0 aliphatic carbocycles. The third-order valence-electron chi connectivity index (χ3n) is 6.24. The van der Waals surface area contributed by atoms with Crippen LogP contribution in [0.3, 0.4) is 0 Å². The van der Waals surface area contributed by atoms with Crippen molar-refractivity contribution in [3.8, 4) is 11.1 Å². The number of amides is 1. The third-order valence-corrected chi connectivity index (χ3v) is 7.56. The van der Waals surface area contributed by atoms with Gasteiger partial charge in [0, 0.05) is 29.2 Å². The highest BCUT2D eigenvalue weighted by Crippen LogP contribution is 2.34. The van der Waals surface area contributed by atoms with E-state index in [-0.39, 0.29) is 5.91 Å². The van der Waals surface area contributed by atoms with Crippen LogP contribution in [0.2, 0.25) is 0 Å². The monoisotopic (exact) mass is 509 g/mol. The summed E-state index contributed by atoms with van der Waals surface area (Å²) in [5, 5.41) is 20.1. The number of benzene rings is 2. The molecule has 1 aliphatic rings. The van der Waals surface area contributed by atoms with Crippen molar-refractivity contribution in [3.63, 3.8) is 0 Å². The predicted octanol–water partition coefficient (Wildman–Crippen LogP) is 5.24. The number of rotatable bonds is 11. The number of hydrogen-bond acceptors (Lipinski definition) is 6. The van der Waals surface area contributed by atoms with Crippen LogP contribution in [0, 0.1) is 0 Å². The van der Waals surface area contributed by atoms with Gasteiger partial charge in [-0.15, -0.1) is 0 Å². The van der Waals surface area contributed by atoms with Crippen molar-refractivity contribution >= 4 is 46.3 Å². The number of carbonyl (C=O) groups excluding carboxylic acids is 1. The summed E-state index contributed by atoms with van der Waals surface area (Å²) in [6.45, 7) is 1.88. The molecule has 2 aromatic carbocycles. The summed E-state index contributed by atoms with van der Waals surface area (Å²) in [5.41, 5.74) is 4.31. The van der Waals surface area contributed by atoms with Crippen LogP contribution in [-0.4, -0.2) is 54.2 Å². The van der Waals surface area contributed by atoms with E-state index in [4.69, 9.17) is 0 Å². The minimum Gasteiger partial charge on any atom is -0.480 e. The molecular weight excluding hydrogens is 478 g/mol. The molecule has 0 bridgehead atoms. The summed E-state index contributed by atoms with van der Waals surface area (Å²) in [5.74, 6) is -0.728. The second-order valence-electron chi connectivity index (χ2n) is 8.63. The molecule has 3 N–H and O–H groups in total. The van der Waals surface area contributed by atoms with E-state index in [2.05, 4.69) is 38.4 Å². The van der Waals surface area contributed by atoms with Crippen LogP contribution in [0.15, 0.2) is 65.4 Å². The Hall–Kier alpha value is -2.81. The minimum absolute atomic E-state index is 0.372. The summed E-state index contributed by atoms with van der Waals surface area (Å²) >= 11 is 3.22. The summed E-state index contributed by atoms with van der Waals surface area (Å²) in [6, 6.07) is 17.2. The summed E-state index contributed by atoms with van der Waals surface area (Å²) in [7, 11) is 0. The standard InChI is InChI=1S/C27H31N3O3S2/c1-34-14-12-25(27(32)33)29-26(31)23-10-9-21(16-24(23)19-6-3-2-4-7-19)30(22-11-15-35-18-22)17-20-8-5-13-28-20/h2-4,6-7,9-11,15-16,18,20,25,28H,5,8,12-14,17H2,1H3,(H,29,31)(H,32,33)/t20?,25-/m0/s1. The highest BCUT2D eigenvalue weighted by Gasteiger charge is 2.24. The minimum atomic E-state index is -1.02. The Morgan fingerprint density at radius 3 is 2.69 bits per heavy atom. The topological polar surface area (TPSA) is 81.7 Å². The molecule has 0 radical (unpaired) electrons. The lowest BCUT2D eigenvalue weighted by Crippen LogP contribution is -2.41. The third kappa shape index (κ3) is 6.45. The maximum Gasteiger partial charge on any atom is 0.326 e. The molecule has 35 heavy (non-hydrogen) atoms. The van der Waals surface area contributed by atoms with Crippen molar-refractivity contribution in [2.24, 2.45) is 0 Å². The highest BCUT2D eigenvalue weighted by atomic mass is 32.2. The molecule has 6 nitrogen and oxygen atoms in total. The van der Waals surface area contributed by atoms with Gasteiger partial charge in [0.25, 0.3) is 5.91 Å². The van der Waals surface area contributed by atoms with Crippen molar-refractivity contribution in [3.05, 3.63) is 70.9 Å². The van der Waals surface area contributed by atoms with E-state index < -0.39 is 12.0 Å². The van der Waals surface area contributed by atoms with Gasteiger partial charge in [-0.3, -0.25) is 4.79 Å². The van der Waals surface area contributed by atoms with Gasteiger partial charge in [-0.25, -0.2) is 4.79 Å². The van der Waals surface area contributed by atoms with Gasteiger partial charge >= 0.3 is 5.97 Å². The lowest BCUT2D eigenvalue weighted by molar-refractivity contribution is -0.139. The molecule has 0 saturated carbocycles. The maximum absolute atomic E-state index is 13.3. The number of carboxylic acid groups (broad SMARTS) is 1. The lowest BCUT2D eigenvalue weighted by atomic mass is 9.97. The Labute approximate surface area is 214 Å². The lowest BCUT2D eigenvalue weighted by Gasteiger charge is -2.28. The molecule has 4 rings (SSSR count). The van der Waals surface area contributed by atoms with Gasteiger partial charge in [0.1, 0.15) is 6.04 Å². The first-order chi connectivity index (χ1) is 17.1. The second kappa shape index (κ2) is 12.2. The second-order valence-corrected chi connectivity index (χ2v) is 10.4. The van der Waals surface area contributed by atoms with Crippen LogP contribution >= 0.6 is 23.1 Å². The molecule has 1 amide bonds. The number of nitrogens with one attached hydrogen (secondary N) is 2. The van der Waals surface area contributed by atoms with Gasteiger partial charge in [0.2, 0.25) is 0 Å². The fourth-order valence-corrected chi connectivity index (χ4v) is 5.50. The van der Waals surface area contributed by atoms with Crippen molar-refractivity contribution in [1.82, 2.24) is 10.6 Å². The molecule has 1 unspecified atom stereocenters. The van der Waals surface area contributed by atoms with Crippen LogP contribution in [0.1, 0.15) is 29.6 Å². The number of carboxylic acids is 1. The quantitative estimate of drug-likeness (QED) is 0.328. The van der Waals surface area contributed by atoms with Crippen LogP contribution in [0.5, 0.6) is 0 Å². The number of carbonyl (C=O) groups is 2. The summed E-state index contributed by atoms with van der Waals surface area (Å²) in [6.07, 6.45) is 4.62. The summed E-state index contributed by atoms with van der Waals surface area (Å²) in [4.78, 5) is 27.3. The first-order valence-corrected chi connectivity index (χ1v) is 14.2. The highest BCUT2D eigenvalue weighted by molar-refractivity contribution is 7.98. The number of hydrogen-bond donors (Lipinski definition) is 3. The molecule has 0 spiro atoms. The van der Waals surface area contributed by atoms with E-state index in [1.165, 1.54) is 6.42 Å². The predicted molar refractivity (Wildman–Crippen MR) is 146 cm³/mol. The van der Waals surface area contributed by atoms with E-state index >= 15 is 0 Å². The zero-order valence-corrected chi connectivity index (χ0v) is 21.4. The largest absolute Gasteiger partial charge is 0.480 e. The Kier molecular flexibility index (Phi) is 8.84. The van der Waals surface area contributed by atoms with Gasteiger partial charge in [-0.05, 0) is 78.6 Å². The van der Waals surface area contributed by atoms with Crippen molar-refractivity contribution in [2.45, 2.75) is 31.3 Å². The van der Waals surface area contributed by atoms with Gasteiger partial charge < -0.3 is 20.6 Å². The summed E-state index contributed by atoms with van der Waals surface area (Å²) < 4.78 is 0. The fraction of sp³-hybridized carbons (Fsp3) is 0.333. The van der Waals surface area contributed by atoms with E-state index in [0.717, 1.165) is 42.0 Å². The van der Waals surface area contributed by atoms with Gasteiger partial charge in [-0.1, -0.05) is 30.3 Å². The normalized spacial score (nSPS) is 16.1. The average Bonchev–Trinajstić information content (AvgIpc) is 3.59. The Morgan fingerprint density at radius 1 is 1.20 bits per heavy atom. The molecule has 8 heteroatoms. The molecule has 2 atom stereocenters. The fourth-order valence-electron chi connectivity index (χ4n) is 4.39. The number of anilines is 2. The molecule has 1 fully saturated rings. The number of thiophene rings is 1. The smallest absolute Gasteiger partial charge is 0.326 e. The van der Waals surface area contributed by atoms with E-state index in [0.29, 0.717) is 23.8 Å². The number of aliphatic carboxylic acids is 1. The first kappa shape index (κ1) is 25.3. The zero-order chi connectivity index (χ0) is 24.6. The van der Waals surface area contributed by atoms with Crippen molar-refractivity contribution in [1.29, 1.82) is 0 Å². The molecule has 2 heterocycles.